The van der Waals surface area contributed by atoms with E-state index in [1.165, 1.54) is 108 Å². The first-order chi connectivity index (χ1) is 13.2. The molecule has 0 N–H and O–H groups in total. The molecule has 154 valence electrons. The van der Waals surface area contributed by atoms with Gasteiger partial charge in [-0.1, -0.05) is 96.1 Å². The van der Waals surface area contributed by atoms with Crippen LogP contribution in [0.3, 0.4) is 0 Å². The van der Waals surface area contributed by atoms with Crippen molar-refractivity contribution in [1.29, 1.82) is 0 Å². The number of benzene rings is 1. The van der Waals surface area contributed by atoms with Gasteiger partial charge in [0.15, 0.2) is 12.4 Å². The maximum atomic E-state index is 2.42. The van der Waals surface area contributed by atoms with Crippen LogP contribution in [-0.4, -0.2) is 27.3 Å². The molecule has 2 rings (SSSR count). The third-order valence-electron chi connectivity index (χ3n) is 6.40. The summed E-state index contributed by atoms with van der Waals surface area (Å²) < 4.78 is 1.09. The van der Waals surface area contributed by atoms with Crippen LogP contribution in [0.2, 0.25) is 0 Å². The second-order valence-electron chi connectivity index (χ2n) is 9.04. The van der Waals surface area contributed by atoms with Crippen molar-refractivity contribution in [2.45, 2.75) is 96.8 Å². The number of fused-ring (bicyclic) bond motifs is 1. The van der Waals surface area contributed by atoms with Gasteiger partial charge in [0.25, 0.3) is 0 Å². The molecule has 1 aliphatic rings. The number of para-hydroxylation sites is 2. The first-order valence-corrected chi connectivity index (χ1v) is 11.8. The van der Waals surface area contributed by atoms with E-state index in [0.717, 1.165) is 11.2 Å². The van der Waals surface area contributed by atoms with E-state index in [9.17, 15) is 0 Å². The van der Waals surface area contributed by atoms with Crippen LogP contribution >= 0.6 is 0 Å². The van der Waals surface area contributed by atoms with Crippen molar-refractivity contribution in [1.82, 2.24) is 4.48 Å². The lowest BCUT2D eigenvalue weighted by molar-refractivity contribution is 0.341. The number of hydrogen-bond acceptors (Lipinski definition) is 1. The van der Waals surface area contributed by atoms with Crippen molar-refractivity contribution >= 4 is 11.4 Å². The van der Waals surface area contributed by atoms with Gasteiger partial charge in [0, 0.05) is 13.1 Å². The van der Waals surface area contributed by atoms with Gasteiger partial charge in [-0.3, -0.25) is 4.48 Å². The molecule has 0 amide bonds. The summed E-state index contributed by atoms with van der Waals surface area (Å²) in [4.78, 5) is 2.42. The van der Waals surface area contributed by atoms with Crippen molar-refractivity contribution in [3.8, 4) is 0 Å². The van der Waals surface area contributed by atoms with Crippen molar-refractivity contribution in [2.75, 3.05) is 32.2 Å². The highest BCUT2D eigenvalue weighted by Crippen LogP contribution is 2.39. The van der Waals surface area contributed by atoms with Crippen LogP contribution in [0.15, 0.2) is 24.3 Å². The van der Waals surface area contributed by atoms with Crippen molar-refractivity contribution in [2.24, 2.45) is 0 Å². The third kappa shape index (κ3) is 7.49. The Kier molecular flexibility index (Phi) is 10.3. The number of unbranched alkanes of at least 4 members (excludes halogenated alkanes) is 13. The zero-order valence-electron chi connectivity index (χ0n) is 18.5. The third-order valence-corrected chi connectivity index (χ3v) is 6.40. The molecule has 0 saturated carbocycles. The number of anilines is 1. The van der Waals surface area contributed by atoms with E-state index in [0.29, 0.717) is 0 Å². The number of hydrogen-bond donors (Lipinski definition) is 0. The van der Waals surface area contributed by atoms with Crippen LogP contribution in [-0.2, 0) is 0 Å². The van der Waals surface area contributed by atoms with E-state index in [1.54, 1.807) is 0 Å². The normalized spacial score (nSPS) is 18.9. The Morgan fingerprint density at radius 1 is 0.741 bits per heavy atom. The average molecular weight is 374 g/mol. The van der Waals surface area contributed by atoms with Crippen LogP contribution in [0.4, 0.5) is 11.4 Å². The fraction of sp³-hybridized carbons (Fsp3) is 0.760. The smallest absolute Gasteiger partial charge is 0.159 e. The van der Waals surface area contributed by atoms with E-state index in [-0.39, 0.29) is 0 Å². The van der Waals surface area contributed by atoms with Crippen molar-refractivity contribution < 1.29 is 0 Å². The van der Waals surface area contributed by atoms with E-state index in [4.69, 9.17) is 0 Å². The van der Waals surface area contributed by atoms with Crippen molar-refractivity contribution in [3.05, 3.63) is 24.3 Å². The molecular weight excluding hydrogens is 328 g/mol. The van der Waals surface area contributed by atoms with Crippen LogP contribution in [0.25, 0.3) is 0 Å². The molecule has 0 fully saturated rings. The Labute approximate surface area is 169 Å². The summed E-state index contributed by atoms with van der Waals surface area (Å²) in [6.07, 6.45) is 20.1. The van der Waals surface area contributed by atoms with E-state index in [1.807, 2.05) is 0 Å². The molecular formula is C25H45N2+. The topological polar surface area (TPSA) is 3.24 Å². The molecule has 27 heavy (non-hydrogen) atoms. The highest BCUT2D eigenvalue weighted by molar-refractivity contribution is 5.72. The first-order valence-electron chi connectivity index (χ1n) is 11.8. The Bertz CT molecular complexity index is 513. The van der Waals surface area contributed by atoms with Gasteiger partial charge >= 0.3 is 0 Å². The van der Waals surface area contributed by atoms with Gasteiger partial charge in [-0.05, 0) is 18.9 Å². The first kappa shape index (κ1) is 22.3. The van der Waals surface area contributed by atoms with Gasteiger partial charge in [0.1, 0.15) is 5.69 Å². The zero-order chi connectivity index (χ0) is 19.4. The second kappa shape index (κ2) is 12.4. The lowest BCUT2D eigenvalue weighted by Gasteiger charge is -2.29. The Balaban J connectivity index is 1.44. The predicted molar refractivity (Wildman–Crippen MR) is 123 cm³/mol. The Hall–Kier alpha value is -1.02. The predicted octanol–water partition coefficient (Wildman–Crippen LogP) is 7.51. The zero-order valence-corrected chi connectivity index (χ0v) is 18.5. The minimum Gasteiger partial charge on any atom is -0.323 e. The van der Waals surface area contributed by atoms with Crippen LogP contribution < -0.4 is 9.38 Å². The summed E-state index contributed by atoms with van der Waals surface area (Å²) in [5.74, 6) is 0. The van der Waals surface area contributed by atoms with Gasteiger partial charge < -0.3 is 4.90 Å². The van der Waals surface area contributed by atoms with Crippen LogP contribution in [0, 0.1) is 0 Å². The molecule has 0 saturated heterocycles. The molecule has 1 atom stereocenters. The van der Waals surface area contributed by atoms with Gasteiger partial charge in [-0.15, -0.1) is 0 Å². The molecule has 0 spiro atoms. The molecule has 2 nitrogen and oxygen atoms in total. The highest BCUT2D eigenvalue weighted by Gasteiger charge is 2.36. The molecule has 1 aromatic carbocycles. The van der Waals surface area contributed by atoms with Crippen LogP contribution in [0.1, 0.15) is 96.8 Å². The summed E-state index contributed by atoms with van der Waals surface area (Å²) in [6.45, 7) is 4.70. The van der Waals surface area contributed by atoms with E-state index < -0.39 is 0 Å². The minimum atomic E-state index is 1.09. The van der Waals surface area contributed by atoms with Gasteiger partial charge in [0.2, 0.25) is 0 Å². The molecule has 0 bridgehead atoms. The fourth-order valence-corrected chi connectivity index (χ4v) is 4.71. The highest BCUT2D eigenvalue weighted by atomic mass is 15.5. The second-order valence-corrected chi connectivity index (χ2v) is 9.04. The summed E-state index contributed by atoms with van der Waals surface area (Å²) in [5, 5.41) is 0. The molecule has 2 heteroatoms. The summed E-state index contributed by atoms with van der Waals surface area (Å²) in [5.41, 5.74) is 2.93. The van der Waals surface area contributed by atoms with Gasteiger partial charge in [-0.25, -0.2) is 0 Å². The van der Waals surface area contributed by atoms with Crippen LogP contribution in [0.5, 0.6) is 0 Å². The monoisotopic (exact) mass is 373 g/mol. The minimum absolute atomic E-state index is 1.09. The summed E-state index contributed by atoms with van der Waals surface area (Å²) >= 11 is 0. The van der Waals surface area contributed by atoms with E-state index >= 15 is 0 Å². The molecule has 1 aliphatic heterocycles. The molecule has 1 unspecified atom stereocenters. The SMILES string of the molecule is CCCCCCCCCCCCCCCC[N+]1(C)CN(C)c2ccccc21. The van der Waals surface area contributed by atoms with Gasteiger partial charge in [-0.2, -0.15) is 0 Å². The molecule has 1 aromatic rings. The standard InChI is InChI=1S/C25H45N2/c1-4-5-6-7-8-9-10-11-12-13-14-15-16-19-22-27(3)23-26(2)24-20-17-18-21-25(24)27/h17-18,20-21H,4-16,19,22-23H2,1-3H3/q+1. The fourth-order valence-electron chi connectivity index (χ4n) is 4.71. The molecule has 0 aliphatic carbocycles. The summed E-state index contributed by atoms with van der Waals surface area (Å²) in [6, 6.07) is 8.95. The quantitative estimate of drug-likeness (QED) is 0.227. The maximum absolute atomic E-state index is 2.42. The van der Waals surface area contributed by atoms with Crippen molar-refractivity contribution in [3.63, 3.8) is 0 Å². The average Bonchev–Trinajstić information content (AvgIpc) is 2.93. The molecule has 0 aromatic heterocycles. The lowest BCUT2D eigenvalue weighted by Crippen LogP contribution is -2.47. The Morgan fingerprint density at radius 3 is 1.78 bits per heavy atom. The van der Waals surface area contributed by atoms with Gasteiger partial charge in [0.05, 0.1) is 13.6 Å². The molecule has 1 heterocycles. The number of nitrogens with zero attached hydrogens (tertiary/aromatic N) is 2. The Morgan fingerprint density at radius 2 is 1.22 bits per heavy atom. The summed E-state index contributed by atoms with van der Waals surface area (Å²) in [7, 11) is 4.64. The number of rotatable bonds is 15. The largest absolute Gasteiger partial charge is 0.323 e. The van der Waals surface area contributed by atoms with E-state index in [2.05, 4.69) is 50.2 Å². The number of quaternary nitrogens is 1. The maximum Gasteiger partial charge on any atom is 0.159 e. The molecule has 0 radical (unpaired) electrons. The lowest BCUT2D eigenvalue weighted by atomic mass is 10.0.